The maximum atomic E-state index is 13.7. The van der Waals surface area contributed by atoms with Crippen molar-refractivity contribution in [2.24, 2.45) is 0 Å². The summed E-state index contributed by atoms with van der Waals surface area (Å²) in [6, 6.07) is 13.7. The number of benzene rings is 2. The van der Waals surface area contributed by atoms with Crippen LogP contribution in [-0.2, 0) is 16.8 Å². The molecule has 1 aliphatic rings. The quantitative estimate of drug-likeness (QED) is 0.882. The van der Waals surface area contributed by atoms with Crippen molar-refractivity contribution >= 4 is 0 Å². The van der Waals surface area contributed by atoms with Crippen LogP contribution in [0, 0.1) is 5.82 Å². The first-order chi connectivity index (χ1) is 11.6. The van der Waals surface area contributed by atoms with Crippen LogP contribution in [0.4, 0.5) is 4.39 Å². The number of halogens is 1. The molecule has 0 radical (unpaired) electrons. The average Bonchev–Trinajstić information content (AvgIpc) is 2.63. The molecule has 0 saturated carbocycles. The van der Waals surface area contributed by atoms with Crippen LogP contribution in [0.3, 0.4) is 0 Å². The highest BCUT2D eigenvalue weighted by Gasteiger charge is 2.41. The van der Waals surface area contributed by atoms with Gasteiger partial charge in [-0.25, -0.2) is 4.39 Å². The number of nitrogens with one attached hydrogen (secondary N) is 1. The average molecular weight is 331 g/mol. The van der Waals surface area contributed by atoms with Gasteiger partial charge in [-0.2, -0.15) is 0 Å². The zero-order valence-electron chi connectivity index (χ0n) is 13.7. The second kappa shape index (κ2) is 7.30. The number of rotatable bonds is 5. The van der Waals surface area contributed by atoms with Gasteiger partial charge < -0.3 is 19.9 Å². The van der Waals surface area contributed by atoms with Crippen LogP contribution >= 0.6 is 0 Å². The first-order valence-electron chi connectivity index (χ1n) is 8.06. The molecule has 2 aromatic rings. The highest BCUT2D eigenvalue weighted by molar-refractivity contribution is 5.37. The molecule has 5 heteroatoms. The summed E-state index contributed by atoms with van der Waals surface area (Å²) in [5.74, 6) is 0.193. The van der Waals surface area contributed by atoms with E-state index in [0.717, 1.165) is 12.1 Å². The van der Waals surface area contributed by atoms with Gasteiger partial charge >= 0.3 is 0 Å². The van der Waals surface area contributed by atoms with Crippen molar-refractivity contribution in [2.75, 3.05) is 26.8 Å². The molecule has 1 saturated heterocycles. The maximum Gasteiger partial charge on any atom is 0.123 e. The van der Waals surface area contributed by atoms with Crippen LogP contribution < -0.4 is 10.1 Å². The predicted molar refractivity (Wildman–Crippen MR) is 89.6 cm³/mol. The standard InChI is InChI=1S/C19H22FNO3/c1-23-17-8-7-16(20)11-14(17)12-19(22,15-5-3-2-4-6-15)18-13-21-9-10-24-18/h2-8,11,18,21-22H,9-10,12-13H2,1H3. The summed E-state index contributed by atoms with van der Waals surface area (Å²) >= 11 is 0. The summed E-state index contributed by atoms with van der Waals surface area (Å²) in [6.45, 7) is 1.81. The number of methoxy groups -OCH3 is 1. The molecule has 4 nitrogen and oxygen atoms in total. The summed E-state index contributed by atoms with van der Waals surface area (Å²) in [5, 5.41) is 14.8. The number of hydrogen-bond donors (Lipinski definition) is 2. The van der Waals surface area contributed by atoms with Crippen molar-refractivity contribution in [1.82, 2.24) is 5.32 Å². The van der Waals surface area contributed by atoms with Crippen molar-refractivity contribution in [1.29, 1.82) is 0 Å². The molecule has 0 aliphatic carbocycles. The Balaban J connectivity index is 2.00. The van der Waals surface area contributed by atoms with E-state index in [1.165, 1.54) is 19.2 Å². The van der Waals surface area contributed by atoms with E-state index < -0.39 is 11.7 Å². The van der Waals surface area contributed by atoms with Crippen molar-refractivity contribution in [3.8, 4) is 5.75 Å². The molecular weight excluding hydrogens is 309 g/mol. The van der Waals surface area contributed by atoms with Gasteiger partial charge in [-0.15, -0.1) is 0 Å². The molecular formula is C19H22FNO3. The predicted octanol–water partition coefficient (Wildman–Crippen LogP) is 2.25. The van der Waals surface area contributed by atoms with Gasteiger partial charge in [0, 0.05) is 25.1 Å². The summed E-state index contributed by atoms with van der Waals surface area (Å²) in [7, 11) is 1.54. The van der Waals surface area contributed by atoms with Gasteiger partial charge in [0.15, 0.2) is 0 Å². The normalized spacial score (nSPS) is 20.4. The molecule has 2 unspecified atom stereocenters. The molecule has 1 fully saturated rings. The Morgan fingerprint density at radius 3 is 2.75 bits per heavy atom. The summed E-state index contributed by atoms with van der Waals surface area (Å²) < 4.78 is 24.9. The Morgan fingerprint density at radius 2 is 2.08 bits per heavy atom. The Morgan fingerprint density at radius 1 is 1.29 bits per heavy atom. The van der Waals surface area contributed by atoms with Gasteiger partial charge in [-0.3, -0.25) is 0 Å². The summed E-state index contributed by atoms with van der Waals surface area (Å²) in [6.07, 6.45) is -0.230. The highest BCUT2D eigenvalue weighted by Crippen LogP contribution is 2.35. The van der Waals surface area contributed by atoms with E-state index in [2.05, 4.69) is 5.32 Å². The van der Waals surface area contributed by atoms with Crippen LogP contribution in [-0.4, -0.2) is 38.0 Å². The number of ether oxygens (including phenoxy) is 2. The Bertz CT molecular complexity index is 674. The Labute approximate surface area is 141 Å². The lowest BCUT2D eigenvalue weighted by molar-refractivity contribution is -0.124. The zero-order chi connectivity index (χ0) is 17.0. The van der Waals surface area contributed by atoms with Gasteiger partial charge in [0.1, 0.15) is 23.3 Å². The fraction of sp³-hybridized carbons (Fsp3) is 0.368. The van der Waals surface area contributed by atoms with Gasteiger partial charge in [0.25, 0.3) is 0 Å². The molecule has 2 N–H and O–H groups in total. The van der Waals surface area contributed by atoms with Crippen LogP contribution in [0.1, 0.15) is 11.1 Å². The maximum absolute atomic E-state index is 13.7. The molecule has 2 atom stereocenters. The van der Waals surface area contributed by atoms with Crippen molar-refractivity contribution < 1.29 is 19.0 Å². The van der Waals surface area contributed by atoms with Crippen LogP contribution in [0.2, 0.25) is 0 Å². The van der Waals surface area contributed by atoms with Crippen LogP contribution in [0.5, 0.6) is 5.75 Å². The fourth-order valence-corrected chi connectivity index (χ4v) is 3.18. The molecule has 128 valence electrons. The van der Waals surface area contributed by atoms with E-state index in [1.807, 2.05) is 30.3 Å². The third kappa shape index (κ3) is 3.43. The number of aliphatic hydroxyl groups is 1. The first-order valence-corrected chi connectivity index (χ1v) is 8.06. The van der Waals surface area contributed by atoms with Crippen LogP contribution in [0.15, 0.2) is 48.5 Å². The topological polar surface area (TPSA) is 50.7 Å². The molecule has 3 rings (SSSR count). The van der Waals surface area contributed by atoms with E-state index in [-0.39, 0.29) is 12.2 Å². The minimum Gasteiger partial charge on any atom is -0.496 e. The Kier molecular flexibility index (Phi) is 5.14. The van der Waals surface area contributed by atoms with E-state index >= 15 is 0 Å². The van der Waals surface area contributed by atoms with Crippen molar-refractivity contribution in [3.63, 3.8) is 0 Å². The Hall–Kier alpha value is -1.95. The molecule has 2 aromatic carbocycles. The lowest BCUT2D eigenvalue weighted by Crippen LogP contribution is -2.52. The lowest BCUT2D eigenvalue weighted by Gasteiger charge is -2.39. The fourth-order valence-electron chi connectivity index (χ4n) is 3.18. The van der Waals surface area contributed by atoms with Gasteiger partial charge in [0.05, 0.1) is 13.7 Å². The van der Waals surface area contributed by atoms with Gasteiger partial charge in [-0.1, -0.05) is 30.3 Å². The third-order valence-corrected chi connectivity index (χ3v) is 4.44. The SMILES string of the molecule is COc1ccc(F)cc1CC(O)(c1ccccc1)C1CNCCO1. The number of hydrogen-bond acceptors (Lipinski definition) is 4. The molecule has 1 heterocycles. The van der Waals surface area contributed by atoms with Crippen molar-refractivity contribution in [2.45, 2.75) is 18.1 Å². The molecule has 1 aliphatic heterocycles. The largest absolute Gasteiger partial charge is 0.496 e. The monoisotopic (exact) mass is 331 g/mol. The molecule has 0 amide bonds. The van der Waals surface area contributed by atoms with Gasteiger partial charge in [0.2, 0.25) is 0 Å². The second-order valence-corrected chi connectivity index (χ2v) is 5.99. The third-order valence-electron chi connectivity index (χ3n) is 4.44. The highest BCUT2D eigenvalue weighted by atomic mass is 19.1. The summed E-state index contributed by atoms with van der Waals surface area (Å²) in [4.78, 5) is 0. The van der Waals surface area contributed by atoms with E-state index in [0.29, 0.717) is 24.5 Å². The van der Waals surface area contributed by atoms with Gasteiger partial charge in [-0.05, 0) is 23.8 Å². The molecule has 0 aromatic heterocycles. The summed E-state index contributed by atoms with van der Waals surface area (Å²) in [5.41, 5.74) is 0.0680. The first kappa shape index (κ1) is 16.9. The molecule has 0 bridgehead atoms. The lowest BCUT2D eigenvalue weighted by atomic mass is 9.81. The van der Waals surface area contributed by atoms with Crippen LogP contribution in [0.25, 0.3) is 0 Å². The zero-order valence-corrected chi connectivity index (χ0v) is 13.7. The van der Waals surface area contributed by atoms with E-state index in [1.54, 1.807) is 6.07 Å². The minimum absolute atomic E-state index is 0.199. The molecule has 0 spiro atoms. The second-order valence-electron chi connectivity index (χ2n) is 5.99. The number of morpholine rings is 1. The smallest absolute Gasteiger partial charge is 0.123 e. The van der Waals surface area contributed by atoms with E-state index in [9.17, 15) is 9.50 Å². The molecule has 24 heavy (non-hydrogen) atoms. The van der Waals surface area contributed by atoms with Crippen molar-refractivity contribution in [3.05, 3.63) is 65.5 Å². The van der Waals surface area contributed by atoms with E-state index in [4.69, 9.17) is 9.47 Å². The minimum atomic E-state index is -1.28.